The zero-order chi connectivity index (χ0) is 13.0. The minimum absolute atomic E-state index is 0. The number of rotatable bonds is 4. The number of hydrogen-bond donors (Lipinski definition) is 1. The summed E-state index contributed by atoms with van der Waals surface area (Å²) in [5, 5.41) is 0. The van der Waals surface area contributed by atoms with Gasteiger partial charge in [0.25, 0.3) is 0 Å². The quantitative estimate of drug-likeness (QED) is 0.862. The molecule has 1 atom stereocenters. The molecule has 6 heteroatoms. The minimum Gasteiger partial charge on any atom is -0.341 e. The molecule has 1 aromatic heterocycles. The van der Waals surface area contributed by atoms with Crippen LogP contribution in [-0.2, 0) is 4.79 Å². The first kappa shape index (κ1) is 16.3. The summed E-state index contributed by atoms with van der Waals surface area (Å²) in [6.07, 6.45) is 4.50. The predicted molar refractivity (Wildman–Crippen MR) is 80.6 cm³/mol. The molecule has 0 aliphatic carbocycles. The van der Waals surface area contributed by atoms with E-state index in [2.05, 4.69) is 11.9 Å². The molecule has 1 saturated heterocycles. The zero-order valence-corrected chi connectivity index (χ0v) is 12.7. The number of carbonyl (C=O) groups excluding carboxylic acids is 1. The molecule has 1 aliphatic heterocycles. The number of pyridine rings is 1. The Labute approximate surface area is 124 Å². The molecule has 1 aromatic rings. The molecule has 1 aliphatic rings. The van der Waals surface area contributed by atoms with Gasteiger partial charge in [-0.2, -0.15) is 0 Å². The Hall–Kier alpha value is -0.780. The monoisotopic (exact) mass is 301 g/mol. The van der Waals surface area contributed by atoms with Crippen molar-refractivity contribution in [3.8, 4) is 0 Å². The van der Waals surface area contributed by atoms with Crippen LogP contribution in [0.25, 0.3) is 0 Å². The first-order chi connectivity index (χ1) is 8.63. The topological polar surface area (TPSA) is 59.2 Å². The fourth-order valence-electron chi connectivity index (χ4n) is 2.07. The number of thioether (sulfide) groups is 1. The van der Waals surface area contributed by atoms with Gasteiger partial charge in [0, 0.05) is 30.4 Å². The van der Waals surface area contributed by atoms with Gasteiger partial charge in [-0.15, -0.1) is 24.2 Å². The Morgan fingerprint density at radius 1 is 1.53 bits per heavy atom. The lowest BCUT2D eigenvalue weighted by Gasteiger charge is -2.22. The van der Waals surface area contributed by atoms with E-state index in [0.29, 0.717) is 12.3 Å². The highest BCUT2D eigenvalue weighted by molar-refractivity contribution is 8.00. The van der Waals surface area contributed by atoms with Gasteiger partial charge in [-0.05, 0) is 30.5 Å². The van der Waals surface area contributed by atoms with Crippen molar-refractivity contribution in [3.63, 3.8) is 0 Å². The van der Waals surface area contributed by atoms with E-state index >= 15 is 0 Å². The largest absolute Gasteiger partial charge is 0.341 e. The van der Waals surface area contributed by atoms with Gasteiger partial charge >= 0.3 is 0 Å². The Balaban J connectivity index is 0.00000180. The van der Waals surface area contributed by atoms with Crippen LogP contribution in [0.3, 0.4) is 0 Å². The molecule has 1 fully saturated rings. The third kappa shape index (κ3) is 4.37. The summed E-state index contributed by atoms with van der Waals surface area (Å²) in [4.78, 5) is 19.0. The molecule has 4 nitrogen and oxygen atoms in total. The molecule has 0 aromatic carbocycles. The summed E-state index contributed by atoms with van der Waals surface area (Å²) in [5.41, 5.74) is 5.85. The second-order valence-electron chi connectivity index (χ2n) is 5.05. The first-order valence-electron chi connectivity index (χ1n) is 6.14. The fourth-order valence-corrected chi connectivity index (χ4v) is 2.86. The number of aromatic nitrogens is 1. The summed E-state index contributed by atoms with van der Waals surface area (Å²) >= 11 is 1.56. The maximum Gasteiger partial charge on any atom is 0.232 e. The Morgan fingerprint density at radius 3 is 2.79 bits per heavy atom. The fraction of sp³-hybridized carbons (Fsp3) is 0.538. The van der Waals surface area contributed by atoms with E-state index in [-0.39, 0.29) is 23.7 Å². The second kappa shape index (κ2) is 7.12. The molecule has 1 unspecified atom stereocenters. The number of nitrogens with two attached hydrogens (primary N) is 1. The molecular formula is C13H20ClN3OS. The van der Waals surface area contributed by atoms with E-state index in [9.17, 15) is 4.79 Å². The van der Waals surface area contributed by atoms with Crippen LogP contribution in [0.2, 0.25) is 0 Å². The maximum atomic E-state index is 12.1. The standard InChI is InChI=1S/C13H19N3OS.ClH/c1-13(9-14)4-7-16(10-13)12(17)8-18-11-2-5-15-6-3-11;/h2-3,5-6H,4,7-10,14H2,1H3;1H. The average Bonchev–Trinajstić information content (AvgIpc) is 2.81. The highest BCUT2D eigenvalue weighted by Gasteiger charge is 2.34. The normalized spacial score (nSPS) is 22.1. The number of nitrogens with zero attached hydrogens (tertiary/aromatic N) is 2. The summed E-state index contributed by atoms with van der Waals surface area (Å²) in [7, 11) is 0. The van der Waals surface area contributed by atoms with Crippen molar-refractivity contribution in [1.29, 1.82) is 0 Å². The summed E-state index contributed by atoms with van der Waals surface area (Å²) in [5.74, 6) is 0.694. The van der Waals surface area contributed by atoms with Crippen molar-refractivity contribution in [2.75, 3.05) is 25.4 Å². The van der Waals surface area contributed by atoms with Crippen LogP contribution in [0.15, 0.2) is 29.4 Å². The summed E-state index contributed by atoms with van der Waals surface area (Å²) in [6.45, 7) is 4.42. The zero-order valence-electron chi connectivity index (χ0n) is 11.0. The smallest absolute Gasteiger partial charge is 0.232 e. The van der Waals surface area contributed by atoms with Crippen molar-refractivity contribution >= 4 is 30.1 Å². The van der Waals surface area contributed by atoms with Crippen molar-refractivity contribution in [2.45, 2.75) is 18.2 Å². The van der Waals surface area contributed by atoms with Crippen LogP contribution in [0.1, 0.15) is 13.3 Å². The van der Waals surface area contributed by atoms with Gasteiger partial charge in [-0.3, -0.25) is 9.78 Å². The van der Waals surface area contributed by atoms with E-state index in [1.165, 1.54) is 0 Å². The molecule has 19 heavy (non-hydrogen) atoms. The van der Waals surface area contributed by atoms with Crippen LogP contribution in [0.4, 0.5) is 0 Å². The predicted octanol–water partition coefficient (Wildman–Crippen LogP) is 1.79. The molecule has 0 spiro atoms. The molecule has 0 bridgehead atoms. The molecule has 0 radical (unpaired) electrons. The second-order valence-corrected chi connectivity index (χ2v) is 6.10. The SMILES string of the molecule is CC1(CN)CCN(C(=O)CSc2ccncc2)C1.Cl. The molecule has 2 heterocycles. The van der Waals surface area contributed by atoms with Crippen LogP contribution in [0, 0.1) is 5.41 Å². The average molecular weight is 302 g/mol. The highest BCUT2D eigenvalue weighted by atomic mass is 35.5. The van der Waals surface area contributed by atoms with Gasteiger partial charge in [-0.1, -0.05) is 6.92 Å². The Kier molecular flexibility index (Phi) is 6.10. The van der Waals surface area contributed by atoms with Crippen molar-refractivity contribution < 1.29 is 4.79 Å². The van der Waals surface area contributed by atoms with Gasteiger partial charge < -0.3 is 10.6 Å². The number of likely N-dealkylation sites (tertiary alicyclic amines) is 1. The van der Waals surface area contributed by atoms with Crippen LogP contribution >= 0.6 is 24.2 Å². The summed E-state index contributed by atoms with van der Waals surface area (Å²) < 4.78 is 0. The number of hydrogen-bond acceptors (Lipinski definition) is 4. The molecule has 0 saturated carbocycles. The number of amides is 1. The van der Waals surface area contributed by atoms with Crippen LogP contribution in [0.5, 0.6) is 0 Å². The third-order valence-corrected chi connectivity index (χ3v) is 4.41. The van der Waals surface area contributed by atoms with Crippen molar-refractivity contribution in [2.24, 2.45) is 11.1 Å². The van der Waals surface area contributed by atoms with E-state index in [0.717, 1.165) is 24.4 Å². The summed E-state index contributed by atoms with van der Waals surface area (Å²) in [6, 6.07) is 3.85. The lowest BCUT2D eigenvalue weighted by Crippen LogP contribution is -2.35. The first-order valence-corrected chi connectivity index (χ1v) is 7.12. The highest BCUT2D eigenvalue weighted by Crippen LogP contribution is 2.29. The lowest BCUT2D eigenvalue weighted by atomic mass is 9.90. The minimum atomic E-state index is 0. The van der Waals surface area contributed by atoms with Crippen molar-refractivity contribution in [1.82, 2.24) is 9.88 Å². The Morgan fingerprint density at radius 2 is 2.21 bits per heavy atom. The molecular weight excluding hydrogens is 282 g/mol. The Bertz CT molecular complexity index is 418. The van der Waals surface area contributed by atoms with E-state index < -0.39 is 0 Å². The lowest BCUT2D eigenvalue weighted by molar-refractivity contribution is -0.127. The van der Waals surface area contributed by atoms with Crippen LogP contribution < -0.4 is 5.73 Å². The number of carbonyl (C=O) groups is 1. The van der Waals surface area contributed by atoms with Gasteiger partial charge in [0.2, 0.25) is 5.91 Å². The van der Waals surface area contributed by atoms with Crippen LogP contribution in [-0.4, -0.2) is 41.2 Å². The molecule has 1 amide bonds. The molecule has 2 N–H and O–H groups in total. The van der Waals surface area contributed by atoms with E-state index in [4.69, 9.17) is 5.73 Å². The van der Waals surface area contributed by atoms with E-state index in [1.54, 1.807) is 24.2 Å². The third-order valence-electron chi connectivity index (χ3n) is 3.42. The number of halogens is 1. The van der Waals surface area contributed by atoms with Crippen molar-refractivity contribution in [3.05, 3.63) is 24.5 Å². The van der Waals surface area contributed by atoms with Gasteiger partial charge in [0.15, 0.2) is 0 Å². The molecule has 106 valence electrons. The van der Waals surface area contributed by atoms with Gasteiger partial charge in [-0.25, -0.2) is 0 Å². The van der Waals surface area contributed by atoms with Gasteiger partial charge in [0.05, 0.1) is 5.75 Å². The van der Waals surface area contributed by atoms with E-state index in [1.807, 2.05) is 17.0 Å². The van der Waals surface area contributed by atoms with Gasteiger partial charge in [0.1, 0.15) is 0 Å². The maximum absolute atomic E-state index is 12.1. The molecule has 2 rings (SSSR count).